The largest absolute Gasteiger partial charge is 0.507 e. The van der Waals surface area contributed by atoms with Gasteiger partial charge >= 0.3 is 11.9 Å². The molecule has 1 aromatic carbocycles. The molecule has 152 valence electrons. The molecule has 0 radical (unpaired) electrons. The molecule has 0 unspecified atom stereocenters. The van der Waals surface area contributed by atoms with Gasteiger partial charge in [0.25, 0.3) is 0 Å². The number of ether oxygens (including phenoxy) is 2. The maximum atomic E-state index is 12.2. The number of hydrogen-bond acceptors (Lipinski definition) is 5. The van der Waals surface area contributed by atoms with E-state index in [2.05, 4.69) is 13.8 Å². The van der Waals surface area contributed by atoms with Crippen molar-refractivity contribution in [1.29, 1.82) is 0 Å². The van der Waals surface area contributed by atoms with Crippen molar-refractivity contribution in [3.05, 3.63) is 29.3 Å². The Hall–Kier alpha value is -2.04. The number of phenols is 1. The number of carbonyl (C=O) groups is 2. The van der Waals surface area contributed by atoms with Gasteiger partial charge in [0.2, 0.25) is 0 Å². The molecule has 1 aromatic rings. The third kappa shape index (κ3) is 9.45. The Balaban J connectivity index is 2.45. The highest BCUT2D eigenvalue weighted by atomic mass is 16.5. The predicted molar refractivity (Wildman–Crippen MR) is 106 cm³/mol. The summed E-state index contributed by atoms with van der Waals surface area (Å²) in [6, 6.07) is 4.13. The summed E-state index contributed by atoms with van der Waals surface area (Å²) in [7, 11) is 0. The number of unbranched alkanes of at least 4 members (excludes halogenated alkanes) is 8. The van der Waals surface area contributed by atoms with Crippen LogP contribution in [0.1, 0.15) is 98.8 Å². The van der Waals surface area contributed by atoms with Crippen molar-refractivity contribution < 1.29 is 24.2 Å². The molecule has 0 bridgehead atoms. The molecule has 1 rings (SSSR count). The number of hydrogen-bond donors (Lipinski definition) is 1. The molecule has 0 atom stereocenters. The van der Waals surface area contributed by atoms with Gasteiger partial charge in [0.05, 0.1) is 18.8 Å². The van der Waals surface area contributed by atoms with Gasteiger partial charge in [-0.05, 0) is 31.0 Å². The first kappa shape index (κ1) is 23.0. The lowest BCUT2D eigenvalue weighted by Gasteiger charge is -2.09. The van der Waals surface area contributed by atoms with E-state index in [1.807, 2.05) is 0 Å². The molecular formula is C22H34O5. The summed E-state index contributed by atoms with van der Waals surface area (Å²) in [5.41, 5.74) is 0.247. The lowest BCUT2D eigenvalue weighted by molar-refractivity contribution is 0.0493. The fourth-order valence-electron chi connectivity index (χ4n) is 2.73. The van der Waals surface area contributed by atoms with Crippen LogP contribution in [0.4, 0.5) is 0 Å². The third-order valence-corrected chi connectivity index (χ3v) is 4.41. The monoisotopic (exact) mass is 378 g/mol. The first-order valence-electron chi connectivity index (χ1n) is 10.3. The number of benzene rings is 1. The first-order chi connectivity index (χ1) is 13.1. The van der Waals surface area contributed by atoms with Crippen LogP contribution >= 0.6 is 0 Å². The van der Waals surface area contributed by atoms with Crippen LogP contribution in [0, 0.1) is 0 Å². The van der Waals surface area contributed by atoms with Gasteiger partial charge in [0, 0.05) is 0 Å². The zero-order valence-electron chi connectivity index (χ0n) is 16.8. The van der Waals surface area contributed by atoms with E-state index >= 15 is 0 Å². The van der Waals surface area contributed by atoms with Crippen LogP contribution in [0.3, 0.4) is 0 Å². The Bertz CT molecular complexity index is 568. The van der Waals surface area contributed by atoms with Gasteiger partial charge in [0.15, 0.2) is 0 Å². The van der Waals surface area contributed by atoms with E-state index in [0.29, 0.717) is 13.2 Å². The Morgan fingerprint density at radius 3 is 1.85 bits per heavy atom. The summed E-state index contributed by atoms with van der Waals surface area (Å²) in [5.74, 6) is -1.29. The molecule has 0 amide bonds. The molecule has 0 saturated heterocycles. The summed E-state index contributed by atoms with van der Waals surface area (Å²) in [4.78, 5) is 24.3. The first-order valence-corrected chi connectivity index (χ1v) is 10.3. The molecule has 0 aliphatic heterocycles. The van der Waals surface area contributed by atoms with Crippen molar-refractivity contribution >= 4 is 11.9 Å². The van der Waals surface area contributed by atoms with E-state index in [0.717, 1.165) is 44.9 Å². The summed E-state index contributed by atoms with van der Waals surface area (Å²) in [6.07, 6.45) is 10.6. The standard InChI is InChI=1S/C22H34O5/c1-3-5-7-9-11-15-26-21(24)18-13-14-20(23)19(17-18)22(25)27-16-12-10-8-6-4-2/h13-14,17,23H,3-12,15-16H2,1-2H3. The Morgan fingerprint density at radius 2 is 1.30 bits per heavy atom. The van der Waals surface area contributed by atoms with Crippen LogP contribution in [0.5, 0.6) is 5.75 Å². The molecule has 0 spiro atoms. The van der Waals surface area contributed by atoms with Crippen molar-refractivity contribution in [1.82, 2.24) is 0 Å². The molecule has 0 aromatic heterocycles. The van der Waals surface area contributed by atoms with Gasteiger partial charge in [-0.15, -0.1) is 0 Å². The second-order valence-electron chi connectivity index (χ2n) is 6.83. The predicted octanol–water partition coefficient (Wildman–Crippen LogP) is 5.65. The van der Waals surface area contributed by atoms with Crippen molar-refractivity contribution in [3.8, 4) is 5.75 Å². The second-order valence-corrected chi connectivity index (χ2v) is 6.83. The fourth-order valence-corrected chi connectivity index (χ4v) is 2.73. The zero-order valence-corrected chi connectivity index (χ0v) is 16.8. The molecule has 0 saturated carbocycles. The molecule has 0 aliphatic carbocycles. The summed E-state index contributed by atoms with van der Waals surface area (Å²) >= 11 is 0. The van der Waals surface area contributed by atoms with Crippen LogP contribution in [-0.4, -0.2) is 30.3 Å². The lowest BCUT2D eigenvalue weighted by Crippen LogP contribution is -2.10. The molecule has 0 aliphatic rings. The van der Waals surface area contributed by atoms with E-state index in [9.17, 15) is 14.7 Å². The number of aromatic hydroxyl groups is 1. The number of phenolic OH excluding ortho intramolecular Hbond substituents is 1. The van der Waals surface area contributed by atoms with Crippen molar-refractivity contribution in [2.45, 2.75) is 78.1 Å². The average molecular weight is 379 g/mol. The van der Waals surface area contributed by atoms with Crippen LogP contribution in [0.2, 0.25) is 0 Å². The van der Waals surface area contributed by atoms with Crippen LogP contribution in [-0.2, 0) is 9.47 Å². The Kier molecular flexibility index (Phi) is 12.0. The maximum Gasteiger partial charge on any atom is 0.341 e. The highest BCUT2D eigenvalue weighted by Gasteiger charge is 2.17. The minimum atomic E-state index is -0.614. The van der Waals surface area contributed by atoms with Crippen molar-refractivity contribution in [2.24, 2.45) is 0 Å². The number of carbonyl (C=O) groups excluding carboxylic acids is 2. The highest BCUT2D eigenvalue weighted by molar-refractivity contribution is 5.97. The van der Waals surface area contributed by atoms with Crippen LogP contribution in [0.15, 0.2) is 18.2 Å². The van der Waals surface area contributed by atoms with E-state index < -0.39 is 11.9 Å². The topological polar surface area (TPSA) is 72.8 Å². The molecular weight excluding hydrogens is 344 g/mol. The third-order valence-electron chi connectivity index (χ3n) is 4.41. The van der Waals surface area contributed by atoms with Crippen LogP contribution in [0.25, 0.3) is 0 Å². The Morgan fingerprint density at radius 1 is 0.778 bits per heavy atom. The molecule has 0 heterocycles. The molecule has 5 nitrogen and oxygen atoms in total. The van der Waals surface area contributed by atoms with E-state index in [4.69, 9.17) is 9.47 Å². The van der Waals surface area contributed by atoms with Crippen molar-refractivity contribution in [2.75, 3.05) is 13.2 Å². The SMILES string of the molecule is CCCCCCCOC(=O)c1ccc(O)c(C(=O)OCCCCCCC)c1. The minimum Gasteiger partial charge on any atom is -0.507 e. The fraction of sp³-hybridized carbons (Fsp3) is 0.636. The number of esters is 2. The lowest BCUT2D eigenvalue weighted by atomic mass is 10.1. The summed E-state index contributed by atoms with van der Waals surface area (Å²) in [6.45, 7) is 4.97. The molecule has 0 fully saturated rings. The number of rotatable bonds is 14. The van der Waals surface area contributed by atoms with E-state index in [1.54, 1.807) is 0 Å². The van der Waals surface area contributed by atoms with Gasteiger partial charge in [-0.2, -0.15) is 0 Å². The second kappa shape index (κ2) is 14.1. The normalized spacial score (nSPS) is 10.6. The molecule has 5 heteroatoms. The smallest absolute Gasteiger partial charge is 0.341 e. The van der Waals surface area contributed by atoms with Gasteiger partial charge in [-0.3, -0.25) is 0 Å². The van der Waals surface area contributed by atoms with E-state index in [-0.39, 0.29) is 16.9 Å². The average Bonchev–Trinajstić information content (AvgIpc) is 2.67. The highest BCUT2D eigenvalue weighted by Crippen LogP contribution is 2.20. The van der Waals surface area contributed by atoms with Gasteiger partial charge in [0.1, 0.15) is 11.3 Å². The van der Waals surface area contributed by atoms with E-state index in [1.165, 1.54) is 37.5 Å². The van der Waals surface area contributed by atoms with Gasteiger partial charge < -0.3 is 14.6 Å². The zero-order chi connectivity index (χ0) is 19.9. The van der Waals surface area contributed by atoms with Gasteiger partial charge in [-0.1, -0.05) is 65.2 Å². The summed E-state index contributed by atoms with van der Waals surface area (Å²) < 4.78 is 10.5. The molecule has 27 heavy (non-hydrogen) atoms. The van der Waals surface area contributed by atoms with Crippen LogP contribution < -0.4 is 0 Å². The minimum absolute atomic E-state index is 0.000883. The quantitative estimate of drug-likeness (QED) is 0.335. The van der Waals surface area contributed by atoms with Gasteiger partial charge in [-0.25, -0.2) is 9.59 Å². The summed E-state index contributed by atoms with van der Waals surface area (Å²) in [5, 5.41) is 9.90. The maximum absolute atomic E-state index is 12.2. The molecule has 1 N–H and O–H groups in total. The Labute approximate surface area is 163 Å². The van der Waals surface area contributed by atoms with Crippen molar-refractivity contribution in [3.63, 3.8) is 0 Å².